The zero-order valence-electron chi connectivity index (χ0n) is 10.7. The van der Waals surface area contributed by atoms with Crippen molar-refractivity contribution in [3.63, 3.8) is 0 Å². The summed E-state index contributed by atoms with van der Waals surface area (Å²) in [6.45, 7) is 1.28. The Hall–Kier alpha value is -1.83. The van der Waals surface area contributed by atoms with Gasteiger partial charge in [-0.05, 0) is 13.0 Å². The van der Waals surface area contributed by atoms with Crippen molar-refractivity contribution in [2.75, 3.05) is 6.61 Å². The van der Waals surface area contributed by atoms with Crippen LogP contribution in [0.2, 0.25) is 0 Å². The van der Waals surface area contributed by atoms with Crippen molar-refractivity contribution < 1.29 is 29.0 Å². The van der Waals surface area contributed by atoms with E-state index in [-0.39, 0.29) is 47.5 Å². The van der Waals surface area contributed by atoms with Crippen molar-refractivity contribution in [3.8, 4) is 0 Å². The number of ether oxygens (including phenoxy) is 1. The predicted molar refractivity (Wildman–Crippen MR) is 68.6 cm³/mol. The monoisotopic (exact) mass is 299 g/mol. The second-order valence-electron chi connectivity index (χ2n) is 4.52. The summed E-state index contributed by atoms with van der Waals surface area (Å²) in [6, 6.07) is 0. The first-order valence-electron chi connectivity index (χ1n) is 5.96. The van der Waals surface area contributed by atoms with Crippen LogP contribution in [0.25, 0.3) is 0 Å². The number of β-lactam (4-membered cyclic amide) rings is 1. The van der Waals surface area contributed by atoms with Gasteiger partial charge in [0.05, 0.1) is 17.0 Å². The number of thioether (sulfide) groups is 1. The minimum atomic E-state index is -1.18. The Kier molecular flexibility index (Phi) is 4.12. The molecule has 2 rings (SSSR count). The van der Waals surface area contributed by atoms with Crippen LogP contribution in [-0.4, -0.2) is 50.9 Å². The van der Waals surface area contributed by atoms with Gasteiger partial charge in [0.25, 0.3) is 0 Å². The van der Waals surface area contributed by atoms with Gasteiger partial charge < -0.3 is 9.84 Å². The van der Waals surface area contributed by atoms with Crippen LogP contribution in [0.5, 0.6) is 0 Å². The summed E-state index contributed by atoms with van der Waals surface area (Å²) in [5.41, 5.74) is -0.0717. The molecule has 8 heteroatoms. The quantitative estimate of drug-likeness (QED) is 0.438. The standard InChI is InChI=1S/C12H13NO6S/c1-6(14)2-11(16)19-5-7-3-8(12(17)18)13-9(15)4-10(13)20-7/h3,7,10H,2,4-5H2,1H3,(H,17,18)/t7?,10-/m1/s1. The molecule has 0 bridgehead atoms. The SMILES string of the molecule is CC(=O)CC(=O)OCC1C=C(C(=O)O)N2C(=O)C[C@H]2S1. The molecule has 0 spiro atoms. The summed E-state index contributed by atoms with van der Waals surface area (Å²) in [5, 5.41) is 8.53. The van der Waals surface area contributed by atoms with Gasteiger partial charge in [-0.25, -0.2) is 4.79 Å². The largest absolute Gasteiger partial charge is 0.477 e. The first kappa shape index (κ1) is 14.6. The molecule has 2 heterocycles. The minimum Gasteiger partial charge on any atom is -0.477 e. The van der Waals surface area contributed by atoms with Crippen LogP contribution >= 0.6 is 11.8 Å². The van der Waals surface area contributed by atoms with E-state index in [1.54, 1.807) is 0 Å². The zero-order valence-corrected chi connectivity index (χ0v) is 11.5. The summed E-state index contributed by atoms with van der Waals surface area (Å²) >= 11 is 1.37. The Balaban J connectivity index is 1.97. The molecule has 1 unspecified atom stereocenters. The number of carboxylic acid groups (broad SMARTS) is 1. The first-order valence-corrected chi connectivity index (χ1v) is 6.90. The van der Waals surface area contributed by atoms with E-state index in [1.165, 1.54) is 29.7 Å². The summed E-state index contributed by atoms with van der Waals surface area (Å²) in [7, 11) is 0. The topological polar surface area (TPSA) is 101 Å². The van der Waals surface area contributed by atoms with E-state index in [1.807, 2.05) is 0 Å². The lowest BCUT2D eigenvalue weighted by Crippen LogP contribution is -2.54. The van der Waals surface area contributed by atoms with Gasteiger partial charge in [0.1, 0.15) is 24.5 Å². The molecule has 2 atom stereocenters. The molecule has 108 valence electrons. The average molecular weight is 299 g/mol. The third-order valence-corrected chi connectivity index (χ3v) is 4.18. The van der Waals surface area contributed by atoms with Crippen molar-refractivity contribution in [2.45, 2.75) is 30.4 Å². The molecule has 1 fully saturated rings. The predicted octanol–water partition coefficient (Wildman–Crippen LogP) is 0.151. The van der Waals surface area contributed by atoms with Gasteiger partial charge in [0.15, 0.2) is 0 Å². The third kappa shape index (κ3) is 3.01. The lowest BCUT2D eigenvalue weighted by molar-refractivity contribution is -0.146. The Bertz CT molecular complexity index is 514. The van der Waals surface area contributed by atoms with Crippen LogP contribution in [0.4, 0.5) is 0 Å². The van der Waals surface area contributed by atoms with E-state index in [9.17, 15) is 19.2 Å². The highest BCUT2D eigenvalue weighted by atomic mass is 32.2. The summed E-state index contributed by atoms with van der Waals surface area (Å²) in [5.74, 6) is -2.31. The van der Waals surface area contributed by atoms with Gasteiger partial charge in [0, 0.05) is 0 Å². The van der Waals surface area contributed by atoms with Crippen LogP contribution in [0, 0.1) is 0 Å². The molecule has 7 nitrogen and oxygen atoms in total. The Morgan fingerprint density at radius 3 is 2.75 bits per heavy atom. The number of aliphatic carboxylic acids is 1. The minimum absolute atomic E-state index is 0.00785. The molecule has 1 amide bonds. The fraction of sp³-hybridized carbons (Fsp3) is 0.500. The molecule has 2 aliphatic rings. The number of amides is 1. The number of carboxylic acids is 1. The molecule has 0 aromatic rings. The van der Waals surface area contributed by atoms with E-state index in [0.29, 0.717) is 0 Å². The Labute approximate surface area is 118 Å². The number of hydrogen-bond donors (Lipinski definition) is 1. The van der Waals surface area contributed by atoms with Crippen LogP contribution < -0.4 is 0 Å². The Morgan fingerprint density at radius 2 is 2.20 bits per heavy atom. The lowest BCUT2D eigenvalue weighted by Gasteiger charge is -2.44. The molecule has 0 aromatic carbocycles. The molecular formula is C12H13NO6S. The van der Waals surface area contributed by atoms with Crippen LogP contribution in [0.3, 0.4) is 0 Å². The first-order chi connectivity index (χ1) is 9.38. The maximum absolute atomic E-state index is 11.4. The number of nitrogens with zero attached hydrogens (tertiary/aromatic N) is 1. The fourth-order valence-corrected chi connectivity index (χ4v) is 3.32. The molecule has 0 saturated carbocycles. The second-order valence-corrected chi connectivity index (χ2v) is 5.94. The fourth-order valence-electron chi connectivity index (χ4n) is 1.97. The van der Waals surface area contributed by atoms with Crippen molar-refractivity contribution in [3.05, 3.63) is 11.8 Å². The molecule has 2 aliphatic heterocycles. The Morgan fingerprint density at radius 1 is 1.50 bits per heavy atom. The zero-order chi connectivity index (χ0) is 14.9. The van der Waals surface area contributed by atoms with Crippen molar-refractivity contribution in [1.29, 1.82) is 0 Å². The maximum atomic E-state index is 11.4. The van der Waals surface area contributed by atoms with Gasteiger partial charge >= 0.3 is 11.9 Å². The van der Waals surface area contributed by atoms with Crippen LogP contribution in [0.15, 0.2) is 11.8 Å². The normalized spacial score (nSPS) is 24.4. The average Bonchev–Trinajstić information content (AvgIpc) is 2.33. The number of ketones is 1. The lowest BCUT2D eigenvalue weighted by atomic mass is 10.1. The van der Waals surface area contributed by atoms with Gasteiger partial charge in [-0.15, -0.1) is 11.8 Å². The molecular weight excluding hydrogens is 286 g/mol. The number of Topliss-reactive ketones (excluding diaryl/α,β-unsaturated/α-hetero) is 1. The summed E-state index contributed by atoms with van der Waals surface area (Å²) in [4.78, 5) is 45.7. The number of esters is 1. The highest BCUT2D eigenvalue weighted by Crippen LogP contribution is 2.40. The van der Waals surface area contributed by atoms with Gasteiger partial charge in [-0.2, -0.15) is 0 Å². The summed E-state index contributed by atoms with van der Waals surface area (Å²) < 4.78 is 4.93. The van der Waals surface area contributed by atoms with Crippen LogP contribution in [0.1, 0.15) is 19.8 Å². The molecule has 1 saturated heterocycles. The van der Waals surface area contributed by atoms with E-state index >= 15 is 0 Å². The number of fused-ring (bicyclic) bond motifs is 1. The van der Waals surface area contributed by atoms with E-state index in [2.05, 4.69) is 0 Å². The highest BCUT2D eigenvalue weighted by Gasteiger charge is 2.45. The highest BCUT2D eigenvalue weighted by molar-refractivity contribution is 8.00. The van der Waals surface area contributed by atoms with Crippen LogP contribution in [-0.2, 0) is 23.9 Å². The second kappa shape index (κ2) is 5.66. The van der Waals surface area contributed by atoms with Gasteiger partial charge in [0.2, 0.25) is 5.91 Å². The molecule has 0 radical (unpaired) electrons. The molecule has 0 aliphatic carbocycles. The van der Waals surface area contributed by atoms with Crippen molar-refractivity contribution >= 4 is 35.4 Å². The smallest absolute Gasteiger partial charge is 0.352 e. The van der Waals surface area contributed by atoms with E-state index < -0.39 is 11.9 Å². The maximum Gasteiger partial charge on any atom is 0.352 e. The van der Waals surface area contributed by atoms with E-state index in [4.69, 9.17) is 9.84 Å². The number of carbonyl (C=O) groups excluding carboxylic acids is 3. The summed E-state index contributed by atoms with van der Waals surface area (Å²) in [6.07, 6.45) is 1.40. The van der Waals surface area contributed by atoms with Crippen molar-refractivity contribution in [2.24, 2.45) is 0 Å². The van der Waals surface area contributed by atoms with Crippen molar-refractivity contribution in [1.82, 2.24) is 4.90 Å². The number of rotatable bonds is 5. The molecule has 1 N–H and O–H groups in total. The van der Waals surface area contributed by atoms with Gasteiger partial charge in [-0.3, -0.25) is 19.3 Å². The molecule has 0 aromatic heterocycles. The van der Waals surface area contributed by atoms with E-state index in [0.717, 1.165) is 0 Å². The third-order valence-electron chi connectivity index (χ3n) is 2.86. The number of carbonyl (C=O) groups is 4. The molecule has 20 heavy (non-hydrogen) atoms. The number of hydrogen-bond acceptors (Lipinski definition) is 6. The van der Waals surface area contributed by atoms with Gasteiger partial charge in [-0.1, -0.05) is 0 Å².